The van der Waals surface area contributed by atoms with E-state index in [2.05, 4.69) is 6.58 Å². The Bertz CT molecular complexity index is 225. The smallest absolute Gasteiger partial charge is 0.207 e. The minimum Gasteiger partial charge on any atom is -0.207 e. The first-order chi connectivity index (χ1) is 3.98. The Morgan fingerprint density at radius 1 is 1.67 bits per heavy atom. The predicted octanol–water partition coefficient (Wildman–Crippen LogP) is 1.64. The van der Waals surface area contributed by atoms with Crippen LogP contribution in [0, 0.1) is 0 Å². The van der Waals surface area contributed by atoms with Crippen LogP contribution < -0.4 is 0 Å². The summed E-state index contributed by atoms with van der Waals surface area (Å²) in [7, 11) is 1.31. The Balaban J connectivity index is 4.45. The van der Waals surface area contributed by atoms with Gasteiger partial charge >= 0.3 is 0 Å². The summed E-state index contributed by atoms with van der Waals surface area (Å²) in [5.74, 6) is 0. The molecule has 0 aromatic carbocycles. The highest BCUT2D eigenvalue weighted by Crippen LogP contribution is 2.09. The van der Waals surface area contributed by atoms with E-state index >= 15 is 0 Å². The molecule has 0 N–H and O–H groups in total. The van der Waals surface area contributed by atoms with Gasteiger partial charge in [-0.2, -0.15) is 0 Å². The summed E-state index contributed by atoms with van der Waals surface area (Å²) >= 11 is 0. The first kappa shape index (κ1) is 8.72. The van der Waals surface area contributed by atoms with Crippen LogP contribution in [0.15, 0.2) is 23.6 Å². The molecule has 0 rings (SSSR count). The van der Waals surface area contributed by atoms with Crippen LogP contribution in [0.4, 0.5) is 0 Å². The zero-order valence-corrected chi connectivity index (χ0v) is 6.54. The fourth-order valence-electron chi connectivity index (χ4n) is 0.267. The van der Waals surface area contributed by atoms with Crippen molar-refractivity contribution in [2.24, 2.45) is 0 Å². The molecule has 9 heavy (non-hydrogen) atoms. The normalized spacial score (nSPS) is 12.2. The SMILES string of the molecule is C=C(/C=C\C)S(=O)(=O)Cl. The van der Waals surface area contributed by atoms with Crippen molar-refractivity contribution in [3.8, 4) is 0 Å². The van der Waals surface area contributed by atoms with Crippen LogP contribution >= 0.6 is 10.7 Å². The standard InChI is InChI=1S/C5H7ClO2S/c1-3-4-5(2)9(6,7)8/h3-4H,2H2,1H3/b4-3-. The van der Waals surface area contributed by atoms with Gasteiger partial charge in [-0.25, -0.2) is 8.42 Å². The summed E-state index contributed by atoms with van der Waals surface area (Å²) < 4.78 is 20.7. The molecule has 0 aliphatic carbocycles. The first-order valence-electron chi connectivity index (χ1n) is 2.24. The van der Waals surface area contributed by atoms with Gasteiger partial charge in [0.25, 0.3) is 9.05 Å². The molecule has 0 aromatic heterocycles. The highest BCUT2D eigenvalue weighted by molar-refractivity contribution is 8.16. The summed E-state index contributed by atoms with van der Waals surface area (Å²) in [6.07, 6.45) is 2.89. The summed E-state index contributed by atoms with van der Waals surface area (Å²) in [6.45, 7) is 4.90. The lowest BCUT2D eigenvalue weighted by Gasteiger charge is -1.88. The molecule has 2 nitrogen and oxygen atoms in total. The van der Waals surface area contributed by atoms with Gasteiger partial charge in [0, 0.05) is 10.7 Å². The summed E-state index contributed by atoms with van der Waals surface area (Å²) in [6, 6.07) is 0. The van der Waals surface area contributed by atoms with Gasteiger partial charge in [0.05, 0.1) is 4.91 Å². The van der Waals surface area contributed by atoms with Gasteiger partial charge in [-0.05, 0) is 13.0 Å². The van der Waals surface area contributed by atoms with E-state index in [4.69, 9.17) is 10.7 Å². The largest absolute Gasteiger partial charge is 0.260 e. The van der Waals surface area contributed by atoms with E-state index in [1.165, 1.54) is 6.08 Å². The molecule has 0 atom stereocenters. The van der Waals surface area contributed by atoms with Crippen molar-refractivity contribution in [1.82, 2.24) is 0 Å². The zero-order valence-electron chi connectivity index (χ0n) is 4.96. The molecule has 0 aliphatic rings. The maximum atomic E-state index is 10.3. The predicted molar refractivity (Wildman–Crippen MR) is 38.7 cm³/mol. The van der Waals surface area contributed by atoms with E-state index in [9.17, 15) is 8.42 Å². The number of rotatable bonds is 2. The van der Waals surface area contributed by atoms with Crippen LogP contribution in [0.5, 0.6) is 0 Å². The quantitative estimate of drug-likeness (QED) is 0.462. The minimum absolute atomic E-state index is 0.0772. The number of hydrogen-bond acceptors (Lipinski definition) is 2. The third-order valence-electron chi connectivity index (χ3n) is 0.666. The van der Waals surface area contributed by atoms with Crippen molar-refractivity contribution in [3.63, 3.8) is 0 Å². The van der Waals surface area contributed by atoms with Crippen LogP contribution in [-0.2, 0) is 9.05 Å². The summed E-state index contributed by atoms with van der Waals surface area (Å²) in [5.41, 5.74) is 0. The van der Waals surface area contributed by atoms with E-state index in [0.29, 0.717) is 0 Å². The van der Waals surface area contributed by atoms with Gasteiger partial charge in [0.2, 0.25) is 0 Å². The van der Waals surface area contributed by atoms with Gasteiger partial charge in [-0.1, -0.05) is 12.7 Å². The highest BCUT2D eigenvalue weighted by atomic mass is 35.7. The maximum absolute atomic E-state index is 10.3. The molecule has 0 fully saturated rings. The second-order valence-electron chi connectivity index (χ2n) is 1.40. The van der Waals surface area contributed by atoms with Crippen molar-refractivity contribution >= 4 is 19.7 Å². The number of hydrogen-bond donors (Lipinski definition) is 0. The molecular weight excluding hydrogens is 160 g/mol. The van der Waals surface area contributed by atoms with Crippen LogP contribution in [0.25, 0.3) is 0 Å². The maximum Gasteiger partial charge on any atom is 0.260 e. The first-order valence-corrected chi connectivity index (χ1v) is 4.55. The van der Waals surface area contributed by atoms with Crippen molar-refractivity contribution in [3.05, 3.63) is 23.6 Å². The number of halogens is 1. The molecule has 0 unspecified atom stereocenters. The molecule has 52 valence electrons. The molecular formula is C5H7ClO2S. The molecule has 0 amide bonds. The van der Waals surface area contributed by atoms with E-state index in [-0.39, 0.29) is 4.91 Å². The minimum atomic E-state index is -3.57. The van der Waals surface area contributed by atoms with Gasteiger partial charge < -0.3 is 0 Å². The molecule has 0 heterocycles. The third kappa shape index (κ3) is 3.32. The van der Waals surface area contributed by atoms with Gasteiger partial charge in [0.15, 0.2) is 0 Å². The van der Waals surface area contributed by atoms with Crippen LogP contribution in [0.2, 0.25) is 0 Å². The Labute approximate surface area is 59.3 Å². The molecule has 0 aromatic rings. The van der Waals surface area contributed by atoms with Crippen molar-refractivity contribution in [2.75, 3.05) is 0 Å². The molecule has 0 saturated carbocycles. The Morgan fingerprint density at radius 3 is 2.22 bits per heavy atom. The lowest BCUT2D eigenvalue weighted by atomic mass is 10.5. The molecule has 4 heteroatoms. The second kappa shape index (κ2) is 3.03. The Morgan fingerprint density at radius 2 is 2.11 bits per heavy atom. The summed E-state index contributed by atoms with van der Waals surface area (Å²) in [4.78, 5) is -0.0772. The molecule has 0 saturated heterocycles. The average Bonchev–Trinajstić information content (AvgIpc) is 1.64. The van der Waals surface area contributed by atoms with Gasteiger partial charge in [-0.15, -0.1) is 0 Å². The van der Waals surface area contributed by atoms with Crippen LogP contribution in [-0.4, -0.2) is 8.42 Å². The van der Waals surface area contributed by atoms with Crippen molar-refractivity contribution < 1.29 is 8.42 Å². The number of allylic oxidation sites excluding steroid dienone is 2. The van der Waals surface area contributed by atoms with E-state index < -0.39 is 9.05 Å². The second-order valence-corrected chi connectivity index (χ2v) is 4.02. The average molecular weight is 167 g/mol. The van der Waals surface area contributed by atoms with Crippen LogP contribution in [0.1, 0.15) is 6.92 Å². The highest BCUT2D eigenvalue weighted by Gasteiger charge is 2.05. The van der Waals surface area contributed by atoms with Gasteiger partial charge in [0.1, 0.15) is 0 Å². The zero-order chi connectivity index (χ0) is 7.49. The lowest BCUT2D eigenvalue weighted by Crippen LogP contribution is -1.87. The summed E-state index contributed by atoms with van der Waals surface area (Å²) in [5, 5.41) is 0. The molecule has 0 aliphatic heterocycles. The van der Waals surface area contributed by atoms with E-state index in [0.717, 1.165) is 0 Å². The Hall–Kier alpha value is -0.280. The lowest BCUT2D eigenvalue weighted by molar-refractivity contribution is 0.616. The van der Waals surface area contributed by atoms with E-state index in [1.54, 1.807) is 13.0 Å². The fraction of sp³-hybridized carbons (Fsp3) is 0.200. The van der Waals surface area contributed by atoms with Crippen molar-refractivity contribution in [2.45, 2.75) is 6.92 Å². The molecule has 0 radical (unpaired) electrons. The Kier molecular flexibility index (Phi) is 2.94. The molecule has 0 spiro atoms. The fourth-order valence-corrected chi connectivity index (χ4v) is 0.720. The molecule has 0 bridgehead atoms. The van der Waals surface area contributed by atoms with E-state index in [1.807, 2.05) is 0 Å². The topological polar surface area (TPSA) is 34.1 Å². The third-order valence-corrected chi connectivity index (χ3v) is 2.02. The van der Waals surface area contributed by atoms with Crippen LogP contribution in [0.3, 0.4) is 0 Å². The monoisotopic (exact) mass is 166 g/mol. The van der Waals surface area contributed by atoms with Gasteiger partial charge in [-0.3, -0.25) is 0 Å². The van der Waals surface area contributed by atoms with Crippen molar-refractivity contribution in [1.29, 1.82) is 0 Å².